The van der Waals surface area contributed by atoms with E-state index in [0.717, 1.165) is 38.4 Å². The number of rotatable bonds is 14. The van der Waals surface area contributed by atoms with Gasteiger partial charge in [-0.2, -0.15) is 9.97 Å². The number of piperazine rings is 1. The number of allylic oxidation sites excluding steroid dienone is 1. The van der Waals surface area contributed by atoms with Gasteiger partial charge in [-0.25, -0.2) is 14.3 Å². The molecule has 0 spiro atoms. The topological polar surface area (TPSA) is 105 Å². The van der Waals surface area contributed by atoms with E-state index in [-0.39, 0.29) is 5.56 Å². The molecule has 1 aliphatic heterocycles. The SMILES string of the molecule is C=CCn1c(=O)c2cnc(Nc3ccc(N4CCN(CCCCCCNC)CC4)cc3)nc2n1-c1cccc(OC)n1. The van der Waals surface area contributed by atoms with E-state index in [1.807, 2.05) is 25.2 Å². The summed E-state index contributed by atoms with van der Waals surface area (Å²) in [6.45, 7) is 10.7. The van der Waals surface area contributed by atoms with Gasteiger partial charge in [-0.15, -0.1) is 6.58 Å². The van der Waals surface area contributed by atoms with Gasteiger partial charge in [-0.05, 0) is 63.3 Å². The molecule has 0 saturated carbocycles. The number of nitrogens with one attached hydrogen (secondary N) is 2. The molecule has 4 heterocycles. The lowest BCUT2D eigenvalue weighted by Crippen LogP contribution is -2.46. The molecule has 1 saturated heterocycles. The van der Waals surface area contributed by atoms with Gasteiger partial charge in [0.2, 0.25) is 11.8 Å². The molecule has 0 bridgehead atoms. The van der Waals surface area contributed by atoms with E-state index in [2.05, 4.69) is 49.1 Å². The Bertz CT molecular complexity index is 1520. The summed E-state index contributed by atoms with van der Waals surface area (Å²) in [5, 5.41) is 6.91. The van der Waals surface area contributed by atoms with Crippen LogP contribution in [0.25, 0.3) is 16.9 Å². The Hall–Kier alpha value is -4.22. The van der Waals surface area contributed by atoms with Crippen LogP contribution in [-0.2, 0) is 6.54 Å². The number of pyridine rings is 1. The third kappa shape index (κ3) is 6.80. The second kappa shape index (κ2) is 14.1. The fourth-order valence-electron chi connectivity index (χ4n) is 5.35. The van der Waals surface area contributed by atoms with Crippen molar-refractivity contribution in [1.82, 2.24) is 34.5 Å². The molecule has 42 heavy (non-hydrogen) atoms. The maximum absolute atomic E-state index is 13.2. The van der Waals surface area contributed by atoms with Gasteiger partial charge in [-0.3, -0.25) is 9.69 Å². The van der Waals surface area contributed by atoms with Gasteiger partial charge in [0.25, 0.3) is 5.56 Å². The first-order chi connectivity index (χ1) is 20.6. The van der Waals surface area contributed by atoms with Gasteiger partial charge in [-0.1, -0.05) is 25.0 Å². The van der Waals surface area contributed by atoms with E-state index >= 15 is 0 Å². The highest BCUT2D eigenvalue weighted by Crippen LogP contribution is 2.23. The molecule has 3 aromatic heterocycles. The predicted molar refractivity (Wildman–Crippen MR) is 168 cm³/mol. The maximum Gasteiger partial charge on any atom is 0.278 e. The van der Waals surface area contributed by atoms with Crippen LogP contribution in [-0.4, -0.2) is 82.6 Å². The quantitative estimate of drug-likeness (QED) is 0.173. The number of nitrogens with zero attached hydrogens (tertiary/aromatic N) is 7. The average molecular weight is 572 g/mol. The first-order valence-corrected chi connectivity index (χ1v) is 14.7. The molecule has 0 aliphatic carbocycles. The number of anilines is 3. The van der Waals surface area contributed by atoms with Gasteiger partial charge in [0.15, 0.2) is 11.5 Å². The summed E-state index contributed by atoms with van der Waals surface area (Å²) < 4.78 is 8.52. The molecular weight excluding hydrogens is 530 g/mol. The summed E-state index contributed by atoms with van der Waals surface area (Å²) in [5.41, 5.74) is 2.32. The van der Waals surface area contributed by atoms with Crippen molar-refractivity contribution >= 4 is 28.4 Å². The molecule has 1 aromatic carbocycles. The molecule has 5 rings (SSSR count). The van der Waals surface area contributed by atoms with Crippen molar-refractivity contribution < 1.29 is 4.74 Å². The zero-order chi connectivity index (χ0) is 29.3. The molecule has 11 heteroatoms. The minimum Gasteiger partial charge on any atom is -0.481 e. The minimum atomic E-state index is -0.213. The fourth-order valence-corrected chi connectivity index (χ4v) is 5.35. The average Bonchev–Trinajstić information content (AvgIpc) is 3.30. The first-order valence-electron chi connectivity index (χ1n) is 14.7. The van der Waals surface area contributed by atoms with Gasteiger partial charge >= 0.3 is 0 Å². The molecule has 2 N–H and O–H groups in total. The van der Waals surface area contributed by atoms with E-state index in [0.29, 0.717) is 35.2 Å². The number of unbranched alkanes of at least 4 members (excludes halogenated alkanes) is 3. The van der Waals surface area contributed by atoms with E-state index in [9.17, 15) is 4.79 Å². The van der Waals surface area contributed by atoms with Gasteiger partial charge < -0.3 is 20.3 Å². The van der Waals surface area contributed by atoms with Crippen LogP contribution in [0.5, 0.6) is 5.88 Å². The normalized spacial score (nSPS) is 13.9. The van der Waals surface area contributed by atoms with Crippen LogP contribution in [0.2, 0.25) is 0 Å². The summed E-state index contributed by atoms with van der Waals surface area (Å²) in [5.74, 6) is 1.35. The third-order valence-corrected chi connectivity index (χ3v) is 7.62. The summed E-state index contributed by atoms with van der Waals surface area (Å²) in [4.78, 5) is 31.9. The Morgan fingerprint density at radius 3 is 2.52 bits per heavy atom. The highest BCUT2D eigenvalue weighted by molar-refractivity contribution is 5.77. The molecule has 0 unspecified atom stereocenters. The van der Waals surface area contributed by atoms with Crippen molar-refractivity contribution in [3.05, 3.63) is 71.7 Å². The minimum absolute atomic E-state index is 0.213. The Morgan fingerprint density at radius 2 is 1.79 bits per heavy atom. The molecule has 222 valence electrons. The molecular formula is C31H41N9O2. The number of fused-ring (bicyclic) bond motifs is 1. The van der Waals surface area contributed by atoms with E-state index in [1.54, 1.807) is 36.2 Å². The standard InChI is InChI=1S/C31H41N9O2/c1-4-17-39-30(41)26-23-33-31(36-29(26)40(39)27-10-9-11-28(35-27)42-3)34-24-12-14-25(15-13-24)38-21-19-37(20-22-38)18-8-6-5-7-16-32-2/h4,9-15,23,32H,1,5-8,16-22H2,2-3H3,(H,33,34,36). The lowest BCUT2D eigenvalue weighted by atomic mass is 10.1. The maximum atomic E-state index is 13.2. The fraction of sp³-hybridized carbons (Fsp3) is 0.419. The Labute approximate surface area is 246 Å². The monoisotopic (exact) mass is 571 g/mol. The van der Waals surface area contributed by atoms with Crippen LogP contribution >= 0.6 is 0 Å². The van der Waals surface area contributed by atoms with Crippen molar-refractivity contribution in [2.24, 2.45) is 0 Å². The van der Waals surface area contributed by atoms with Crippen molar-refractivity contribution in [1.29, 1.82) is 0 Å². The van der Waals surface area contributed by atoms with Crippen LogP contribution in [0.3, 0.4) is 0 Å². The van der Waals surface area contributed by atoms with Crippen molar-refractivity contribution in [2.45, 2.75) is 32.2 Å². The van der Waals surface area contributed by atoms with Crippen LogP contribution < -0.4 is 25.8 Å². The number of ether oxygens (including phenoxy) is 1. The lowest BCUT2D eigenvalue weighted by Gasteiger charge is -2.36. The molecule has 0 amide bonds. The largest absolute Gasteiger partial charge is 0.481 e. The second-order valence-electron chi connectivity index (χ2n) is 10.5. The van der Waals surface area contributed by atoms with Crippen molar-refractivity contribution in [3.8, 4) is 11.7 Å². The summed E-state index contributed by atoms with van der Waals surface area (Å²) in [6, 6.07) is 13.7. The summed E-state index contributed by atoms with van der Waals surface area (Å²) in [6.07, 6.45) is 8.38. The molecule has 1 aliphatic rings. The van der Waals surface area contributed by atoms with E-state index in [1.165, 1.54) is 42.6 Å². The predicted octanol–water partition coefficient (Wildman–Crippen LogP) is 3.82. The van der Waals surface area contributed by atoms with Crippen molar-refractivity contribution in [3.63, 3.8) is 0 Å². The zero-order valence-corrected chi connectivity index (χ0v) is 24.6. The molecule has 0 atom stereocenters. The second-order valence-corrected chi connectivity index (χ2v) is 10.5. The first kappa shape index (κ1) is 29.3. The molecule has 4 aromatic rings. The van der Waals surface area contributed by atoms with Crippen LogP contribution in [0.1, 0.15) is 25.7 Å². The van der Waals surface area contributed by atoms with Gasteiger partial charge in [0.1, 0.15) is 5.39 Å². The number of hydrogen-bond donors (Lipinski definition) is 2. The van der Waals surface area contributed by atoms with E-state index in [4.69, 9.17) is 9.72 Å². The highest BCUT2D eigenvalue weighted by Gasteiger charge is 2.19. The molecule has 1 fully saturated rings. The molecule has 11 nitrogen and oxygen atoms in total. The third-order valence-electron chi connectivity index (χ3n) is 7.62. The number of aromatic nitrogens is 5. The Balaban J connectivity index is 1.25. The Kier molecular flexibility index (Phi) is 9.83. The van der Waals surface area contributed by atoms with E-state index < -0.39 is 0 Å². The van der Waals surface area contributed by atoms with Crippen LogP contribution in [0.4, 0.5) is 17.3 Å². The summed E-state index contributed by atoms with van der Waals surface area (Å²) in [7, 11) is 3.58. The van der Waals surface area contributed by atoms with Crippen LogP contribution in [0.15, 0.2) is 66.1 Å². The highest BCUT2D eigenvalue weighted by atomic mass is 16.5. The van der Waals surface area contributed by atoms with Gasteiger partial charge in [0, 0.05) is 49.8 Å². The van der Waals surface area contributed by atoms with Crippen LogP contribution in [0, 0.1) is 0 Å². The molecule has 0 radical (unpaired) electrons. The smallest absolute Gasteiger partial charge is 0.278 e. The lowest BCUT2D eigenvalue weighted by molar-refractivity contribution is 0.252. The Morgan fingerprint density at radius 1 is 1.00 bits per heavy atom. The van der Waals surface area contributed by atoms with Gasteiger partial charge in [0.05, 0.1) is 13.7 Å². The number of methoxy groups -OCH3 is 1. The number of benzene rings is 1. The number of hydrogen-bond acceptors (Lipinski definition) is 9. The van der Waals surface area contributed by atoms with Crippen molar-refractivity contribution in [2.75, 3.05) is 63.6 Å². The zero-order valence-electron chi connectivity index (χ0n) is 24.6. The summed E-state index contributed by atoms with van der Waals surface area (Å²) >= 11 is 0.